The molecule has 1 N–H and O–H groups in total. The van der Waals surface area contributed by atoms with E-state index in [4.69, 9.17) is 5.11 Å². The lowest BCUT2D eigenvalue weighted by Gasteiger charge is -2.23. The molecule has 1 saturated carbocycles. The second-order valence-corrected chi connectivity index (χ2v) is 5.54. The molecule has 1 amide bonds. The molecule has 5 heteroatoms. The third-order valence-corrected chi connectivity index (χ3v) is 3.95. The van der Waals surface area contributed by atoms with Crippen LogP contribution in [0.4, 0.5) is 0 Å². The molecule has 1 aromatic rings. The number of amides is 1. The van der Waals surface area contributed by atoms with Gasteiger partial charge in [-0.25, -0.2) is 0 Å². The summed E-state index contributed by atoms with van der Waals surface area (Å²) in [6.07, 6.45) is 4.01. The fourth-order valence-corrected chi connectivity index (χ4v) is 2.68. The Morgan fingerprint density at radius 3 is 2.65 bits per heavy atom. The van der Waals surface area contributed by atoms with Crippen LogP contribution < -0.4 is 0 Å². The van der Waals surface area contributed by atoms with Gasteiger partial charge in [0, 0.05) is 12.6 Å². The molecule has 0 aliphatic heterocycles. The molecule has 0 aromatic carbocycles. The van der Waals surface area contributed by atoms with Gasteiger partial charge in [0.1, 0.15) is 5.69 Å². The first-order chi connectivity index (χ1) is 9.62. The van der Waals surface area contributed by atoms with Crippen molar-refractivity contribution in [2.24, 2.45) is 0 Å². The molecule has 0 saturated heterocycles. The van der Waals surface area contributed by atoms with Crippen molar-refractivity contribution in [2.45, 2.75) is 58.5 Å². The highest BCUT2D eigenvalue weighted by molar-refractivity contribution is 5.93. The summed E-state index contributed by atoms with van der Waals surface area (Å²) in [5, 5.41) is 13.7. The van der Waals surface area contributed by atoms with Crippen LogP contribution in [0.2, 0.25) is 0 Å². The van der Waals surface area contributed by atoms with Crippen molar-refractivity contribution >= 4 is 5.91 Å². The molecule has 112 valence electrons. The van der Waals surface area contributed by atoms with Crippen molar-refractivity contribution in [2.75, 3.05) is 13.2 Å². The number of aryl methyl sites for hydroxylation is 1. The fourth-order valence-electron chi connectivity index (χ4n) is 2.68. The van der Waals surface area contributed by atoms with Gasteiger partial charge in [0.05, 0.1) is 18.3 Å². The van der Waals surface area contributed by atoms with E-state index in [1.807, 2.05) is 17.7 Å². The Hall–Kier alpha value is -1.36. The first-order valence-electron chi connectivity index (χ1n) is 7.60. The predicted octanol–water partition coefficient (Wildman–Crippen LogP) is 2.15. The summed E-state index contributed by atoms with van der Waals surface area (Å²) < 4.78 is 1.88. The summed E-state index contributed by atoms with van der Waals surface area (Å²) in [5.74, 6) is 0.00838. The normalized spacial score (nSPS) is 14.8. The van der Waals surface area contributed by atoms with Crippen LogP contribution in [0.3, 0.4) is 0 Å². The van der Waals surface area contributed by atoms with Gasteiger partial charge in [-0.3, -0.25) is 9.48 Å². The molecule has 1 aliphatic rings. The largest absolute Gasteiger partial charge is 0.395 e. The van der Waals surface area contributed by atoms with Crippen LogP contribution in [0.5, 0.6) is 0 Å². The van der Waals surface area contributed by atoms with Gasteiger partial charge >= 0.3 is 0 Å². The van der Waals surface area contributed by atoms with Gasteiger partial charge in [-0.15, -0.1) is 0 Å². The molecule has 1 aromatic heterocycles. The molecule has 0 spiro atoms. The highest BCUT2D eigenvalue weighted by atomic mass is 16.3. The minimum absolute atomic E-state index is 0.00838. The number of hydrogen-bond acceptors (Lipinski definition) is 3. The van der Waals surface area contributed by atoms with Crippen LogP contribution in [-0.2, 0) is 0 Å². The van der Waals surface area contributed by atoms with E-state index in [9.17, 15) is 4.79 Å². The SMILES string of the molecule is CCC(CC)n1nc(C)cc1C(=O)N(CCO)C1CC1. The summed E-state index contributed by atoms with van der Waals surface area (Å²) in [6, 6.07) is 2.44. The Labute approximate surface area is 120 Å². The highest BCUT2D eigenvalue weighted by Gasteiger charge is 2.34. The van der Waals surface area contributed by atoms with Crippen LogP contribution >= 0.6 is 0 Å². The average Bonchev–Trinajstić information content (AvgIpc) is 3.20. The zero-order valence-electron chi connectivity index (χ0n) is 12.7. The molecule has 5 nitrogen and oxygen atoms in total. The molecule has 20 heavy (non-hydrogen) atoms. The van der Waals surface area contributed by atoms with Crippen LogP contribution in [-0.4, -0.2) is 44.9 Å². The number of aliphatic hydroxyl groups is 1. The summed E-state index contributed by atoms with van der Waals surface area (Å²) in [7, 11) is 0. The molecule has 1 aliphatic carbocycles. The maximum Gasteiger partial charge on any atom is 0.272 e. The van der Waals surface area contributed by atoms with E-state index < -0.39 is 0 Å². The van der Waals surface area contributed by atoms with Gasteiger partial charge in [0.2, 0.25) is 0 Å². The summed E-state index contributed by atoms with van der Waals surface area (Å²) in [4.78, 5) is 14.5. The van der Waals surface area contributed by atoms with Crippen molar-refractivity contribution < 1.29 is 9.90 Å². The number of nitrogens with zero attached hydrogens (tertiary/aromatic N) is 3. The van der Waals surface area contributed by atoms with Crippen molar-refractivity contribution in [1.29, 1.82) is 0 Å². The third-order valence-electron chi connectivity index (χ3n) is 3.95. The average molecular weight is 279 g/mol. The molecule has 0 radical (unpaired) electrons. The quantitative estimate of drug-likeness (QED) is 0.832. The van der Waals surface area contributed by atoms with E-state index >= 15 is 0 Å². The number of aliphatic hydroxyl groups excluding tert-OH is 1. The standard InChI is InChI=1S/C15H25N3O2/c1-4-12(5-2)18-14(10-11(3)16-18)15(20)17(8-9-19)13-6-7-13/h10,12-13,19H,4-9H2,1-3H3. The molecular weight excluding hydrogens is 254 g/mol. The van der Waals surface area contributed by atoms with Crippen molar-refractivity contribution in [3.8, 4) is 0 Å². The van der Waals surface area contributed by atoms with Crippen LogP contribution in [0.1, 0.15) is 61.8 Å². The van der Waals surface area contributed by atoms with E-state index in [2.05, 4.69) is 18.9 Å². The van der Waals surface area contributed by atoms with Crippen molar-refractivity contribution in [1.82, 2.24) is 14.7 Å². The number of carbonyl (C=O) groups is 1. The Kier molecular flexibility index (Phi) is 4.81. The first-order valence-corrected chi connectivity index (χ1v) is 7.60. The minimum atomic E-state index is 0.00838. The second-order valence-electron chi connectivity index (χ2n) is 5.54. The molecule has 0 unspecified atom stereocenters. The first kappa shape index (κ1) is 15.0. The Bertz CT molecular complexity index is 462. The van der Waals surface area contributed by atoms with Crippen molar-refractivity contribution in [3.05, 3.63) is 17.5 Å². The predicted molar refractivity (Wildman–Crippen MR) is 77.7 cm³/mol. The van der Waals surface area contributed by atoms with E-state index in [0.717, 1.165) is 31.4 Å². The van der Waals surface area contributed by atoms with Gasteiger partial charge in [0.15, 0.2) is 0 Å². The fraction of sp³-hybridized carbons (Fsp3) is 0.733. The molecule has 0 bridgehead atoms. The van der Waals surface area contributed by atoms with E-state index in [1.165, 1.54) is 0 Å². The third kappa shape index (κ3) is 3.03. The van der Waals surface area contributed by atoms with E-state index in [1.54, 1.807) is 4.90 Å². The summed E-state index contributed by atoms with van der Waals surface area (Å²) in [5.41, 5.74) is 1.54. The molecular formula is C15H25N3O2. The number of carbonyl (C=O) groups excluding carboxylic acids is 1. The van der Waals surface area contributed by atoms with E-state index in [-0.39, 0.29) is 18.6 Å². The summed E-state index contributed by atoms with van der Waals surface area (Å²) in [6.45, 7) is 6.58. The Balaban J connectivity index is 2.28. The summed E-state index contributed by atoms with van der Waals surface area (Å²) >= 11 is 0. The van der Waals surface area contributed by atoms with Crippen molar-refractivity contribution in [3.63, 3.8) is 0 Å². The molecule has 1 fully saturated rings. The van der Waals surface area contributed by atoms with Gasteiger partial charge in [0.25, 0.3) is 5.91 Å². The lowest BCUT2D eigenvalue weighted by atomic mass is 10.1. The number of hydrogen-bond donors (Lipinski definition) is 1. The highest BCUT2D eigenvalue weighted by Crippen LogP contribution is 2.29. The maximum atomic E-state index is 12.7. The van der Waals surface area contributed by atoms with Gasteiger partial charge in [-0.1, -0.05) is 13.8 Å². The maximum absolute atomic E-state index is 12.7. The lowest BCUT2D eigenvalue weighted by Crippen LogP contribution is -2.37. The van der Waals surface area contributed by atoms with Crippen LogP contribution in [0.15, 0.2) is 6.07 Å². The molecule has 2 rings (SSSR count). The zero-order valence-corrected chi connectivity index (χ0v) is 12.7. The number of aromatic nitrogens is 2. The second kappa shape index (κ2) is 6.39. The number of rotatable bonds is 7. The monoisotopic (exact) mass is 279 g/mol. The van der Waals surface area contributed by atoms with Gasteiger partial charge in [-0.2, -0.15) is 5.10 Å². The van der Waals surface area contributed by atoms with E-state index in [0.29, 0.717) is 18.3 Å². The zero-order chi connectivity index (χ0) is 14.7. The van der Waals surface area contributed by atoms with Gasteiger partial charge < -0.3 is 10.0 Å². The van der Waals surface area contributed by atoms with Crippen LogP contribution in [0, 0.1) is 6.92 Å². The Morgan fingerprint density at radius 2 is 2.15 bits per heavy atom. The van der Waals surface area contributed by atoms with Gasteiger partial charge in [-0.05, 0) is 38.7 Å². The smallest absolute Gasteiger partial charge is 0.272 e. The lowest BCUT2D eigenvalue weighted by molar-refractivity contribution is 0.0691. The molecule has 0 atom stereocenters. The Morgan fingerprint density at radius 1 is 1.50 bits per heavy atom. The topological polar surface area (TPSA) is 58.4 Å². The minimum Gasteiger partial charge on any atom is -0.395 e. The van der Waals surface area contributed by atoms with Crippen LogP contribution in [0.25, 0.3) is 0 Å². The molecule has 1 heterocycles.